The van der Waals surface area contributed by atoms with Gasteiger partial charge in [0.2, 0.25) is 0 Å². The number of rotatable bonds is 4. The number of hydrogen-bond donors (Lipinski definition) is 1. The molecular weight excluding hydrogens is 268 g/mol. The third-order valence-electron chi connectivity index (χ3n) is 4.28. The molecule has 2 heterocycles. The highest BCUT2D eigenvalue weighted by Crippen LogP contribution is 2.31. The van der Waals surface area contributed by atoms with Crippen molar-refractivity contribution in [2.24, 2.45) is 0 Å². The topological polar surface area (TPSA) is 24.9 Å². The Kier molecular flexibility index (Phi) is 4.69. The van der Waals surface area contributed by atoms with Gasteiger partial charge in [-0.2, -0.15) is 0 Å². The lowest BCUT2D eigenvalue weighted by Gasteiger charge is -2.15. The lowest BCUT2D eigenvalue weighted by molar-refractivity contribution is 0.862. The molecule has 0 amide bonds. The highest BCUT2D eigenvalue weighted by atomic mass is 14.9. The Morgan fingerprint density at radius 1 is 1.18 bits per heavy atom. The van der Waals surface area contributed by atoms with Crippen LogP contribution < -0.4 is 5.32 Å². The van der Waals surface area contributed by atoms with Crippen molar-refractivity contribution in [1.29, 1.82) is 0 Å². The van der Waals surface area contributed by atoms with E-state index in [0.29, 0.717) is 0 Å². The minimum atomic E-state index is 0.978. The summed E-state index contributed by atoms with van der Waals surface area (Å²) in [6.45, 7) is 6.41. The van der Waals surface area contributed by atoms with E-state index in [4.69, 9.17) is 4.98 Å². The molecule has 0 spiro atoms. The summed E-state index contributed by atoms with van der Waals surface area (Å²) in [5.74, 6) is 0. The summed E-state index contributed by atoms with van der Waals surface area (Å²) in [4.78, 5) is 4.76. The van der Waals surface area contributed by atoms with Gasteiger partial charge in [-0.05, 0) is 49.1 Å². The zero-order chi connectivity index (χ0) is 15.4. The van der Waals surface area contributed by atoms with Gasteiger partial charge in [-0.25, -0.2) is 0 Å². The van der Waals surface area contributed by atoms with Gasteiger partial charge in [-0.3, -0.25) is 4.98 Å². The maximum absolute atomic E-state index is 4.76. The maximum Gasteiger partial charge on any atom is 0.0739 e. The Labute approximate surface area is 133 Å². The Bertz CT molecular complexity index is 660. The van der Waals surface area contributed by atoms with E-state index in [0.717, 1.165) is 32.4 Å². The number of benzene rings is 1. The Balaban J connectivity index is 2.15. The molecular formula is C20H24N2. The molecule has 22 heavy (non-hydrogen) atoms. The van der Waals surface area contributed by atoms with Crippen LogP contribution in [0.2, 0.25) is 0 Å². The molecule has 1 saturated heterocycles. The standard InChI is InChI=1S/C20H24N2/c1-3-5-17-6-4-12-22-20(17)19(18-11-13-21-14-18)16-9-7-15(2)8-10-16/h4,6-10,12,21H,3,5,11,13-14H2,1-2H3/b19-18-. The van der Waals surface area contributed by atoms with Gasteiger partial charge >= 0.3 is 0 Å². The fourth-order valence-electron chi connectivity index (χ4n) is 3.14. The first kappa shape index (κ1) is 15.0. The van der Waals surface area contributed by atoms with Crippen molar-refractivity contribution in [2.75, 3.05) is 13.1 Å². The van der Waals surface area contributed by atoms with Gasteiger partial charge in [0.15, 0.2) is 0 Å². The molecule has 0 bridgehead atoms. The zero-order valence-electron chi connectivity index (χ0n) is 13.5. The second-order valence-corrected chi connectivity index (χ2v) is 6.03. The number of aryl methyl sites for hydroxylation is 2. The van der Waals surface area contributed by atoms with Crippen molar-refractivity contribution in [3.8, 4) is 0 Å². The minimum Gasteiger partial charge on any atom is -0.313 e. The van der Waals surface area contributed by atoms with E-state index in [1.807, 2.05) is 6.20 Å². The van der Waals surface area contributed by atoms with Crippen molar-refractivity contribution in [1.82, 2.24) is 10.3 Å². The number of nitrogens with zero attached hydrogens (tertiary/aromatic N) is 1. The maximum atomic E-state index is 4.76. The summed E-state index contributed by atoms with van der Waals surface area (Å²) < 4.78 is 0. The predicted octanol–water partition coefficient (Wildman–Crippen LogP) is 4.14. The lowest BCUT2D eigenvalue weighted by atomic mass is 9.91. The van der Waals surface area contributed by atoms with Gasteiger partial charge in [0.05, 0.1) is 5.69 Å². The number of pyridine rings is 1. The molecule has 1 aromatic heterocycles. The van der Waals surface area contributed by atoms with Crippen LogP contribution in [0.4, 0.5) is 0 Å². The summed E-state index contributed by atoms with van der Waals surface area (Å²) in [6, 6.07) is 13.1. The lowest BCUT2D eigenvalue weighted by Crippen LogP contribution is -2.07. The summed E-state index contributed by atoms with van der Waals surface area (Å²) in [7, 11) is 0. The van der Waals surface area contributed by atoms with Crippen LogP contribution >= 0.6 is 0 Å². The van der Waals surface area contributed by atoms with E-state index in [-0.39, 0.29) is 0 Å². The molecule has 2 aromatic rings. The average Bonchev–Trinajstić information content (AvgIpc) is 3.05. The predicted molar refractivity (Wildman–Crippen MR) is 92.9 cm³/mol. The quantitative estimate of drug-likeness (QED) is 0.916. The molecule has 0 atom stereocenters. The Morgan fingerprint density at radius 2 is 2.00 bits per heavy atom. The van der Waals surface area contributed by atoms with E-state index < -0.39 is 0 Å². The molecule has 0 saturated carbocycles. The van der Waals surface area contributed by atoms with Crippen LogP contribution in [0, 0.1) is 6.92 Å². The average molecular weight is 292 g/mol. The fraction of sp³-hybridized carbons (Fsp3) is 0.350. The van der Waals surface area contributed by atoms with Gasteiger partial charge in [-0.1, -0.05) is 49.2 Å². The third kappa shape index (κ3) is 3.12. The first-order chi connectivity index (χ1) is 10.8. The van der Waals surface area contributed by atoms with E-state index in [1.54, 1.807) is 0 Å². The molecule has 114 valence electrons. The molecule has 1 aromatic carbocycles. The van der Waals surface area contributed by atoms with Gasteiger partial charge in [0.1, 0.15) is 0 Å². The van der Waals surface area contributed by atoms with Crippen LogP contribution in [0.1, 0.15) is 42.1 Å². The molecule has 0 radical (unpaired) electrons. The monoisotopic (exact) mass is 292 g/mol. The number of hydrogen-bond acceptors (Lipinski definition) is 2. The molecule has 0 unspecified atom stereocenters. The van der Waals surface area contributed by atoms with Crippen LogP contribution in [0.5, 0.6) is 0 Å². The minimum absolute atomic E-state index is 0.978. The van der Waals surface area contributed by atoms with Gasteiger partial charge in [0.25, 0.3) is 0 Å². The van der Waals surface area contributed by atoms with Gasteiger partial charge in [-0.15, -0.1) is 0 Å². The molecule has 0 aliphatic carbocycles. The first-order valence-electron chi connectivity index (χ1n) is 8.23. The van der Waals surface area contributed by atoms with Crippen molar-refractivity contribution >= 4 is 5.57 Å². The summed E-state index contributed by atoms with van der Waals surface area (Å²) in [6.07, 6.45) is 5.27. The summed E-state index contributed by atoms with van der Waals surface area (Å²) in [5, 5.41) is 3.47. The molecule has 1 aliphatic rings. The van der Waals surface area contributed by atoms with E-state index >= 15 is 0 Å². The van der Waals surface area contributed by atoms with Crippen LogP contribution in [0.3, 0.4) is 0 Å². The second-order valence-electron chi connectivity index (χ2n) is 6.03. The van der Waals surface area contributed by atoms with E-state index in [2.05, 4.69) is 55.6 Å². The number of nitrogens with one attached hydrogen (secondary N) is 1. The Hall–Kier alpha value is -1.93. The van der Waals surface area contributed by atoms with E-state index in [9.17, 15) is 0 Å². The van der Waals surface area contributed by atoms with Crippen LogP contribution in [-0.2, 0) is 6.42 Å². The van der Waals surface area contributed by atoms with Crippen molar-refractivity contribution < 1.29 is 0 Å². The SMILES string of the molecule is CCCc1cccnc1/C(=C1/CCNC1)c1ccc(C)cc1. The number of aromatic nitrogens is 1. The second kappa shape index (κ2) is 6.89. The molecule has 2 nitrogen and oxygen atoms in total. The van der Waals surface area contributed by atoms with Crippen molar-refractivity contribution in [2.45, 2.75) is 33.1 Å². The summed E-state index contributed by atoms with van der Waals surface area (Å²) >= 11 is 0. The normalized spacial score (nSPS) is 16.8. The van der Waals surface area contributed by atoms with Gasteiger partial charge < -0.3 is 5.32 Å². The molecule has 2 heteroatoms. The molecule has 1 N–H and O–H groups in total. The van der Waals surface area contributed by atoms with Crippen molar-refractivity contribution in [3.63, 3.8) is 0 Å². The summed E-state index contributed by atoms with van der Waals surface area (Å²) in [5.41, 5.74) is 7.95. The highest BCUT2D eigenvalue weighted by molar-refractivity contribution is 5.82. The van der Waals surface area contributed by atoms with E-state index in [1.165, 1.54) is 33.5 Å². The molecule has 1 fully saturated rings. The fourth-order valence-corrected chi connectivity index (χ4v) is 3.14. The zero-order valence-corrected chi connectivity index (χ0v) is 13.5. The Morgan fingerprint density at radius 3 is 2.68 bits per heavy atom. The molecule has 3 rings (SSSR count). The van der Waals surface area contributed by atoms with Crippen molar-refractivity contribution in [3.05, 3.63) is 70.6 Å². The first-order valence-corrected chi connectivity index (χ1v) is 8.23. The van der Waals surface area contributed by atoms with Crippen LogP contribution in [-0.4, -0.2) is 18.1 Å². The smallest absolute Gasteiger partial charge is 0.0739 e. The third-order valence-corrected chi connectivity index (χ3v) is 4.28. The molecule has 1 aliphatic heterocycles. The van der Waals surface area contributed by atoms with Gasteiger partial charge in [0, 0.05) is 18.3 Å². The largest absolute Gasteiger partial charge is 0.313 e. The van der Waals surface area contributed by atoms with Crippen LogP contribution in [0.15, 0.2) is 48.2 Å². The highest BCUT2D eigenvalue weighted by Gasteiger charge is 2.18. The van der Waals surface area contributed by atoms with Crippen LogP contribution in [0.25, 0.3) is 5.57 Å².